The molecule has 210 valence electrons. The van der Waals surface area contributed by atoms with E-state index in [9.17, 15) is 14.0 Å². The molecule has 0 aliphatic carbocycles. The molecule has 0 saturated carbocycles. The van der Waals surface area contributed by atoms with Crippen molar-refractivity contribution in [3.05, 3.63) is 70.8 Å². The first-order valence-electron chi connectivity index (χ1n) is 13.6. The standard InChI is InChI=1S/C31H35FN4O4/c1-6-22(35-30(38)40-31(2,3)4)29(37)36-14-13-20-25(17-36)33-24(16-18-11-12-26(39-5)21(32)15-18)28-27(20)19-9-7-8-10-23(19)34-28/h7-12,15,22,34H,6,13-14,16-17H2,1-5H3,(H,35,38). The van der Waals surface area contributed by atoms with E-state index in [4.69, 9.17) is 14.5 Å². The number of aromatic amines is 1. The first-order chi connectivity index (χ1) is 19.1. The highest BCUT2D eigenvalue weighted by Gasteiger charge is 2.31. The third kappa shape index (κ3) is 5.46. The molecule has 4 aromatic rings. The van der Waals surface area contributed by atoms with Crippen molar-refractivity contribution in [2.75, 3.05) is 13.7 Å². The van der Waals surface area contributed by atoms with Crippen LogP contribution >= 0.6 is 0 Å². The maximum atomic E-state index is 14.5. The second-order valence-electron chi connectivity index (χ2n) is 11.2. The summed E-state index contributed by atoms with van der Waals surface area (Å²) in [6.45, 7) is 8.04. The van der Waals surface area contributed by atoms with E-state index in [1.54, 1.807) is 31.7 Å². The highest BCUT2D eigenvalue weighted by atomic mass is 19.1. The zero-order valence-corrected chi connectivity index (χ0v) is 23.6. The first-order valence-corrected chi connectivity index (χ1v) is 13.6. The Morgan fingerprint density at radius 2 is 1.98 bits per heavy atom. The number of carbonyl (C=O) groups excluding carboxylic acids is 2. The molecule has 1 aliphatic heterocycles. The molecule has 1 aliphatic rings. The normalized spacial score (nSPS) is 14.2. The summed E-state index contributed by atoms with van der Waals surface area (Å²) < 4.78 is 24.9. The average molecular weight is 547 g/mol. The quantitative estimate of drug-likeness (QED) is 0.326. The molecule has 0 saturated heterocycles. The van der Waals surface area contributed by atoms with E-state index in [1.807, 2.05) is 31.2 Å². The lowest BCUT2D eigenvalue weighted by atomic mass is 9.96. The van der Waals surface area contributed by atoms with Crippen molar-refractivity contribution in [3.63, 3.8) is 0 Å². The molecule has 8 nitrogen and oxygen atoms in total. The molecule has 2 aromatic carbocycles. The number of hydrogen-bond donors (Lipinski definition) is 2. The Balaban J connectivity index is 1.49. The zero-order valence-electron chi connectivity index (χ0n) is 23.6. The van der Waals surface area contributed by atoms with Crippen molar-refractivity contribution in [1.29, 1.82) is 0 Å². The highest BCUT2D eigenvalue weighted by molar-refractivity contribution is 6.10. The molecule has 40 heavy (non-hydrogen) atoms. The van der Waals surface area contributed by atoms with Crippen molar-refractivity contribution in [2.45, 2.75) is 65.1 Å². The molecular formula is C31H35FN4O4. The van der Waals surface area contributed by atoms with E-state index in [0.717, 1.165) is 44.3 Å². The fraction of sp³-hybridized carbons (Fsp3) is 0.387. The van der Waals surface area contributed by atoms with Crippen LogP contribution in [0.5, 0.6) is 5.75 Å². The van der Waals surface area contributed by atoms with Crippen LogP contribution in [0.2, 0.25) is 0 Å². The Bertz CT molecular complexity index is 1590. The van der Waals surface area contributed by atoms with Gasteiger partial charge in [-0.1, -0.05) is 31.2 Å². The summed E-state index contributed by atoms with van der Waals surface area (Å²) >= 11 is 0. The van der Waals surface area contributed by atoms with E-state index < -0.39 is 23.6 Å². The third-order valence-electron chi connectivity index (χ3n) is 7.18. The van der Waals surface area contributed by atoms with Crippen LogP contribution in [0.1, 0.15) is 56.6 Å². The number of nitrogens with zero attached hydrogens (tertiary/aromatic N) is 2. The van der Waals surface area contributed by atoms with Crippen molar-refractivity contribution in [3.8, 4) is 5.75 Å². The Kier molecular flexibility index (Phi) is 7.40. The Morgan fingerprint density at radius 3 is 2.67 bits per heavy atom. The number of methoxy groups -OCH3 is 1. The van der Waals surface area contributed by atoms with Crippen LogP contribution in [0.25, 0.3) is 21.8 Å². The predicted molar refractivity (Wildman–Crippen MR) is 152 cm³/mol. The number of pyridine rings is 1. The maximum absolute atomic E-state index is 14.5. The summed E-state index contributed by atoms with van der Waals surface area (Å²) in [6.07, 6.45) is 0.860. The smallest absolute Gasteiger partial charge is 0.408 e. The van der Waals surface area contributed by atoms with Crippen molar-refractivity contribution in [1.82, 2.24) is 20.2 Å². The second-order valence-corrected chi connectivity index (χ2v) is 11.2. The molecule has 0 fully saturated rings. The second kappa shape index (κ2) is 10.8. The number of ether oxygens (including phenoxy) is 2. The lowest BCUT2D eigenvalue weighted by molar-refractivity contribution is -0.134. The molecule has 3 heterocycles. The summed E-state index contributed by atoms with van der Waals surface area (Å²) in [6, 6.07) is 12.3. The van der Waals surface area contributed by atoms with Crippen LogP contribution in [-0.2, 0) is 28.9 Å². The first kappa shape index (κ1) is 27.4. The molecule has 1 unspecified atom stereocenters. The lowest BCUT2D eigenvalue weighted by Crippen LogP contribution is -2.50. The highest BCUT2D eigenvalue weighted by Crippen LogP contribution is 2.35. The number of H-pyrrole nitrogens is 1. The minimum atomic E-state index is -0.699. The molecule has 2 amide bonds. The van der Waals surface area contributed by atoms with E-state index in [2.05, 4.69) is 16.4 Å². The van der Waals surface area contributed by atoms with E-state index in [-0.39, 0.29) is 11.7 Å². The number of aromatic nitrogens is 2. The minimum Gasteiger partial charge on any atom is -0.494 e. The number of fused-ring (bicyclic) bond motifs is 5. The molecular weight excluding hydrogens is 511 g/mol. The van der Waals surface area contributed by atoms with Crippen molar-refractivity contribution < 1.29 is 23.5 Å². The van der Waals surface area contributed by atoms with Crippen LogP contribution in [-0.4, -0.2) is 52.2 Å². The Morgan fingerprint density at radius 1 is 1.20 bits per heavy atom. The van der Waals surface area contributed by atoms with Gasteiger partial charge in [0.1, 0.15) is 11.6 Å². The van der Waals surface area contributed by atoms with E-state index in [1.165, 1.54) is 13.2 Å². The van der Waals surface area contributed by atoms with E-state index >= 15 is 0 Å². The van der Waals surface area contributed by atoms with Gasteiger partial charge in [0.25, 0.3) is 0 Å². The summed E-state index contributed by atoms with van der Waals surface area (Å²) in [5.41, 5.74) is 4.73. The fourth-order valence-electron chi connectivity index (χ4n) is 5.35. The van der Waals surface area contributed by atoms with Gasteiger partial charge in [-0.05, 0) is 62.9 Å². The number of benzene rings is 2. The molecule has 9 heteroatoms. The minimum absolute atomic E-state index is 0.168. The lowest BCUT2D eigenvalue weighted by Gasteiger charge is -2.32. The van der Waals surface area contributed by atoms with Crippen LogP contribution in [0.15, 0.2) is 42.5 Å². The number of rotatable bonds is 6. The maximum Gasteiger partial charge on any atom is 0.408 e. The predicted octanol–water partition coefficient (Wildman–Crippen LogP) is 5.64. The number of nitrogens with one attached hydrogen (secondary N) is 2. The van der Waals surface area contributed by atoms with Crippen LogP contribution in [0.4, 0.5) is 9.18 Å². The number of amides is 2. The van der Waals surface area contributed by atoms with Gasteiger partial charge < -0.3 is 24.7 Å². The molecule has 2 aromatic heterocycles. The van der Waals surface area contributed by atoms with Crippen molar-refractivity contribution in [2.24, 2.45) is 0 Å². The number of halogens is 1. The van der Waals surface area contributed by atoms with Crippen molar-refractivity contribution >= 4 is 33.8 Å². The number of carbonyl (C=O) groups is 2. The largest absolute Gasteiger partial charge is 0.494 e. The monoisotopic (exact) mass is 546 g/mol. The van der Waals surface area contributed by atoms with Gasteiger partial charge >= 0.3 is 6.09 Å². The van der Waals surface area contributed by atoms with Crippen LogP contribution in [0, 0.1) is 5.82 Å². The number of alkyl carbamates (subject to hydrolysis) is 1. The van der Waals surface area contributed by atoms with Gasteiger partial charge in [-0.15, -0.1) is 0 Å². The Hall–Kier alpha value is -4.14. The fourth-order valence-corrected chi connectivity index (χ4v) is 5.35. The summed E-state index contributed by atoms with van der Waals surface area (Å²) in [5, 5.41) is 4.92. The van der Waals surface area contributed by atoms with E-state index in [0.29, 0.717) is 32.4 Å². The van der Waals surface area contributed by atoms with Gasteiger partial charge in [0.15, 0.2) is 11.6 Å². The number of para-hydroxylation sites is 1. The van der Waals surface area contributed by atoms with Gasteiger partial charge in [0, 0.05) is 29.3 Å². The molecule has 1 atom stereocenters. The van der Waals surface area contributed by atoms with Crippen LogP contribution in [0.3, 0.4) is 0 Å². The SMILES string of the molecule is CCC(NC(=O)OC(C)(C)C)C(=O)N1CCc2c(nc(Cc3ccc(OC)c(F)c3)c3[nH]c4ccccc4c23)C1. The van der Waals surface area contributed by atoms with Gasteiger partial charge in [-0.3, -0.25) is 9.78 Å². The third-order valence-corrected chi connectivity index (χ3v) is 7.18. The Labute approximate surface area is 232 Å². The molecule has 0 bridgehead atoms. The molecule has 2 N–H and O–H groups in total. The van der Waals surface area contributed by atoms with Gasteiger partial charge in [-0.2, -0.15) is 0 Å². The summed E-state index contributed by atoms with van der Waals surface area (Å²) in [7, 11) is 1.44. The molecule has 0 radical (unpaired) electrons. The summed E-state index contributed by atoms with van der Waals surface area (Å²) in [5.74, 6) is -0.401. The van der Waals surface area contributed by atoms with Gasteiger partial charge in [-0.25, -0.2) is 9.18 Å². The number of hydrogen-bond acceptors (Lipinski definition) is 5. The van der Waals surface area contributed by atoms with Gasteiger partial charge in [0.2, 0.25) is 5.91 Å². The summed E-state index contributed by atoms with van der Waals surface area (Å²) in [4.78, 5) is 36.2. The zero-order chi connectivity index (χ0) is 28.6. The topological polar surface area (TPSA) is 96.6 Å². The van der Waals surface area contributed by atoms with Gasteiger partial charge in [0.05, 0.1) is 30.6 Å². The van der Waals surface area contributed by atoms with Crippen LogP contribution < -0.4 is 10.1 Å². The molecule has 5 rings (SSSR count). The average Bonchev–Trinajstić information content (AvgIpc) is 3.30. The molecule has 0 spiro atoms.